The van der Waals surface area contributed by atoms with Crippen LogP contribution in [0.2, 0.25) is 0 Å². The van der Waals surface area contributed by atoms with E-state index in [1.807, 2.05) is 0 Å². The van der Waals surface area contributed by atoms with Gasteiger partial charge in [0.2, 0.25) is 0 Å². The van der Waals surface area contributed by atoms with Gasteiger partial charge in [0.05, 0.1) is 0 Å². The summed E-state index contributed by atoms with van der Waals surface area (Å²) in [6, 6.07) is 1.33. The van der Waals surface area contributed by atoms with Gasteiger partial charge in [-0.15, -0.1) is 0 Å². The third kappa shape index (κ3) is 2.74. The number of rotatable bonds is 3. The van der Waals surface area contributed by atoms with E-state index in [0.717, 1.165) is 13.1 Å². The van der Waals surface area contributed by atoms with Crippen LogP contribution in [-0.2, 0) is 0 Å². The van der Waals surface area contributed by atoms with E-state index in [1.165, 1.54) is 25.9 Å². The molecule has 2 aliphatic rings. The molecule has 0 saturated carbocycles. The highest BCUT2D eigenvalue weighted by atomic mass is 15.2. The van der Waals surface area contributed by atoms with Crippen molar-refractivity contribution in [3.05, 3.63) is 24.3 Å². The second kappa shape index (κ2) is 5.65. The molecule has 16 heavy (non-hydrogen) atoms. The van der Waals surface area contributed by atoms with Crippen LogP contribution in [0.25, 0.3) is 0 Å². The molecule has 0 aliphatic carbocycles. The first kappa shape index (κ1) is 11.9. The van der Waals surface area contributed by atoms with Crippen molar-refractivity contribution < 1.29 is 0 Å². The number of hydrogen-bond acceptors (Lipinski definition) is 2. The molecule has 0 spiro atoms. The molecule has 90 valence electrons. The summed E-state index contributed by atoms with van der Waals surface area (Å²) in [4.78, 5) is 5.20. The van der Waals surface area contributed by atoms with E-state index in [9.17, 15) is 0 Å². The molecule has 0 aromatic rings. The smallest absolute Gasteiger partial charge is 0.0224 e. The van der Waals surface area contributed by atoms with E-state index in [4.69, 9.17) is 0 Å². The summed E-state index contributed by atoms with van der Waals surface area (Å²) < 4.78 is 0. The Balaban J connectivity index is 1.89. The zero-order valence-electron chi connectivity index (χ0n) is 10.6. The molecule has 0 bridgehead atoms. The normalized spacial score (nSPS) is 26.9. The molecule has 0 N–H and O–H groups in total. The van der Waals surface area contributed by atoms with Crippen molar-refractivity contribution in [2.45, 2.75) is 38.8 Å². The summed E-state index contributed by atoms with van der Waals surface area (Å²) in [5, 5.41) is 0. The highest BCUT2D eigenvalue weighted by Gasteiger charge is 2.24. The minimum absolute atomic E-state index is 0.663. The van der Waals surface area contributed by atoms with Gasteiger partial charge < -0.3 is 0 Å². The highest BCUT2D eigenvalue weighted by molar-refractivity contribution is 4.97. The van der Waals surface area contributed by atoms with Crippen molar-refractivity contribution in [3.63, 3.8) is 0 Å². The standard InChI is InChI=1S/C14H24N2/c1-13(15-9-5-3-6-10-15)14(2)16-11-7-4-8-12-16/h3-5,7,13-14H,6,8-12H2,1-2H3. The van der Waals surface area contributed by atoms with Crippen LogP contribution in [-0.4, -0.2) is 48.1 Å². The molecular formula is C14H24N2. The molecule has 2 heteroatoms. The Kier molecular flexibility index (Phi) is 4.19. The SMILES string of the molecule is CC(C(C)N1CC=CCC1)N1CC=CCC1. The summed E-state index contributed by atoms with van der Waals surface area (Å²) in [6.45, 7) is 9.48. The molecule has 2 rings (SSSR count). The van der Waals surface area contributed by atoms with Gasteiger partial charge >= 0.3 is 0 Å². The quantitative estimate of drug-likeness (QED) is 0.673. The monoisotopic (exact) mass is 220 g/mol. The van der Waals surface area contributed by atoms with Crippen LogP contribution in [0.15, 0.2) is 24.3 Å². The lowest BCUT2D eigenvalue weighted by Gasteiger charge is -2.40. The largest absolute Gasteiger partial charge is 0.295 e. The zero-order valence-corrected chi connectivity index (χ0v) is 10.6. The van der Waals surface area contributed by atoms with Gasteiger partial charge in [0.1, 0.15) is 0 Å². The molecule has 2 unspecified atom stereocenters. The Morgan fingerprint density at radius 2 is 1.19 bits per heavy atom. The number of hydrogen-bond donors (Lipinski definition) is 0. The second-order valence-corrected chi connectivity index (χ2v) is 4.99. The van der Waals surface area contributed by atoms with E-state index in [1.54, 1.807) is 0 Å². The topological polar surface area (TPSA) is 6.48 Å². The van der Waals surface area contributed by atoms with Gasteiger partial charge in [-0.3, -0.25) is 9.80 Å². The minimum Gasteiger partial charge on any atom is -0.295 e. The van der Waals surface area contributed by atoms with Gasteiger partial charge in [-0.05, 0) is 26.7 Å². The third-order valence-electron chi connectivity index (χ3n) is 4.03. The first-order valence-electron chi connectivity index (χ1n) is 6.57. The van der Waals surface area contributed by atoms with E-state index in [-0.39, 0.29) is 0 Å². The van der Waals surface area contributed by atoms with E-state index >= 15 is 0 Å². The lowest BCUT2D eigenvalue weighted by Crippen LogP contribution is -2.50. The van der Waals surface area contributed by atoms with Gasteiger partial charge in [-0.1, -0.05) is 24.3 Å². The van der Waals surface area contributed by atoms with Crippen molar-refractivity contribution in [1.29, 1.82) is 0 Å². The third-order valence-corrected chi connectivity index (χ3v) is 4.03. The first-order valence-corrected chi connectivity index (χ1v) is 6.57. The fourth-order valence-corrected chi connectivity index (χ4v) is 2.67. The molecule has 2 nitrogen and oxygen atoms in total. The maximum atomic E-state index is 2.60. The van der Waals surface area contributed by atoms with Crippen molar-refractivity contribution in [1.82, 2.24) is 9.80 Å². The van der Waals surface area contributed by atoms with Crippen molar-refractivity contribution in [2.24, 2.45) is 0 Å². The number of nitrogens with zero attached hydrogens (tertiary/aromatic N) is 2. The van der Waals surface area contributed by atoms with E-state index < -0.39 is 0 Å². The van der Waals surface area contributed by atoms with Crippen LogP contribution in [0.1, 0.15) is 26.7 Å². The molecule has 2 heterocycles. The van der Waals surface area contributed by atoms with Gasteiger partial charge in [-0.25, -0.2) is 0 Å². The summed E-state index contributed by atoms with van der Waals surface area (Å²) in [5.41, 5.74) is 0. The minimum atomic E-state index is 0.663. The maximum absolute atomic E-state index is 2.60. The van der Waals surface area contributed by atoms with Crippen LogP contribution in [0.4, 0.5) is 0 Å². The second-order valence-electron chi connectivity index (χ2n) is 4.99. The molecule has 2 atom stereocenters. The average Bonchev–Trinajstić information content (AvgIpc) is 2.39. The Labute approximate surface area is 99.6 Å². The van der Waals surface area contributed by atoms with Crippen molar-refractivity contribution in [3.8, 4) is 0 Å². The zero-order chi connectivity index (χ0) is 11.4. The average molecular weight is 220 g/mol. The Morgan fingerprint density at radius 1 is 0.750 bits per heavy atom. The first-order chi connectivity index (χ1) is 7.79. The summed E-state index contributed by atoms with van der Waals surface area (Å²) in [7, 11) is 0. The lowest BCUT2D eigenvalue weighted by atomic mass is 10.0. The highest BCUT2D eigenvalue weighted by Crippen LogP contribution is 2.16. The maximum Gasteiger partial charge on any atom is 0.0224 e. The lowest BCUT2D eigenvalue weighted by molar-refractivity contribution is 0.109. The van der Waals surface area contributed by atoms with Crippen LogP contribution < -0.4 is 0 Å². The van der Waals surface area contributed by atoms with Crippen LogP contribution >= 0.6 is 0 Å². The van der Waals surface area contributed by atoms with E-state index in [0.29, 0.717) is 12.1 Å². The molecule has 0 radical (unpaired) electrons. The van der Waals surface area contributed by atoms with Gasteiger partial charge in [0.25, 0.3) is 0 Å². The Morgan fingerprint density at radius 3 is 1.50 bits per heavy atom. The molecule has 0 fully saturated rings. The van der Waals surface area contributed by atoms with Crippen LogP contribution in [0, 0.1) is 0 Å². The predicted molar refractivity (Wildman–Crippen MR) is 69.6 cm³/mol. The fraction of sp³-hybridized carbons (Fsp3) is 0.714. The Bertz CT molecular complexity index is 242. The van der Waals surface area contributed by atoms with Crippen LogP contribution in [0.5, 0.6) is 0 Å². The molecule has 0 aromatic heterocycles. The molecule has 2 aliphatic heterocycles. The molecular weight excluding hydrogens is 196 g/mol. The molecule has 0 amide bonds. The predicted octanol–water partition coefficient (Wildman–Crippen LogP) is 2.29. The van der Waals surface area contributed by atoms with Crippen LogP contribution in [0.3, 0.4) is 0 Å². The van der Waals surface area contributed by atoms with Crippen molar-refractivity contribution in [2.75, 3.05) is 26.2 Å². The summed E-state index contributed by atoms with van der Waals surface area (Å²) in [6.07, 6.45) is 11.7. The van der Waals surface area contributed by atoms with Crippen molar-refractivity contribution >= 4 is 0 Å². The summed E-state index contributed by atoms with van der Waals surface area (Å²) >= 11 is 0. The molecule has 0 aromatic carbocycles. The summed E-state index contributed by atoms with van der Waals surface area (Å²) in [5.74, 6) is 0. The van der Waals surface area contributed by atoms with E-state index in [2.05, 4.69) is 48.0 Å². The van der Waals surface area contributed by atoms with Gasteiger partial charge in [-0.2, -0.15) is 0 Å². The fourth-order valence-electron chi connectivity index (χ4n) is 2.67. The molecule has 0 saturated heterocycles. The van der Waals surface area contributed by atoms with Gasteiger partial charge in [0.15, 0.2) is 0 Å². The Hall–Kier alpha value is -0.600. The van der Waals surface area contributed by atoms with Gasteiger partial charge in [0, 0.05) is 38.3 Å².